The number of rotatable bonds is 7. The lowest BCUT2D eigenvalue weighted by Crippen LogP contribution is -2.51. The summed E-state index contributed by atoms with van der Waals surface area (Å²) in [5, 5.41) is 6.18. The molecular formula is C21H22Cl3N3O3. The Balaban J connectivity index is 2.06. The topological polar surface area (TPSA) is 78.5 Å². The van der Waals surface area contributed by atoms with Gasteiger partial charge in [-0.1, -0.05) is 66.8 Å². The molecule has 0 aliphatic carbocycles. The Labute approximate surface area is 190 Å². The van der Waals surface area contributed by atoms with Gasteiger partial charge in [0.25, 0.3) is 5.91 Å². The van der Waals surface area contributed by atoms with Crippen LogP contribution in [-0.4, -0.2) is 42.3 Å². The molecule has 0 aromatic heterocycles. The molecule has 2 N–H and O–H groups in total. The second-order valence-electron chi connectivity index (χ2n) is 7.01. The van der Waals surface area contributed by atoms with Gasteiger partial charge in [-0.3, -0.25) is 14.4 Å². The zero-order valence-corrected chi connectivity index (χ0v) is 19.0. The van der Waals surface area contributed by atoms with Gasteiger partial charge in [0.2, 0.25) is 11.8 Å². The first-order valence-corrected chi connectivity index (χ1v) is 10.3. The van der Waals surface area contributed by atoms with Gasteiger partial charge in [-0.05, 0) is 30.2 Å². The van der Waals surface area contributed by atoms with Gasteiger partial charge in [0.15, 0.2) is 0 Å². The molecule has 0 bridgehead atoms. The number of carbonyl (C=O) groups excluding carboxylic acids is 3. The van der Waals surface area contributed by atoms with Crippen LogP contribution in [0.2, 0.25) is 15.1 Å². The smallest absolute Gasteiger partial charge is 0.253 e. The molecule has 0 fully saturated rings. The van der Waals surface area contributed by atoms with Gasteiger partial charge >= 0.3 is 0 Å². The number of hydrogen-bond acceptors (Lipinski definition) is 3. The Bertz CT molecular complexity index is 930. The molecule has 0 aliphatic rings. The minimum atomic E-state index is -0.838. The maximum Gasteiger partial charge on any atom is 0.253 e. The molecule has 0 saturated heterocycles. The highest BCUT2D eigenvalue weighted by atomic mass is 35.5. The van der Waals surface area contributed by atoms with Crippen LogP contribution < -0.4 is 10.6 Å². The fourth-order valence-electron chi connectivity index (χ4n) is 2.70. The summed E-state index contributed by atoms with van der Waals surface area (Å²) < 4.78 is 0. The number of carbonyl (C=O) groups is 3. The molecule has 0 heterocycles. The molecule has 2 rings (SSSR count). The molecule has 1 unspecified atom stereocenters. The molecule has 0 saturated carbocycles. The van der Waals surface area contributed by atoms with E-state index < -0.39 is 23.8 Å². The summed E-state index contributed by atoms with van der Waals surface area (Å²) in [5.41, 5.74) is 0.547. The molecule has 0 radical (unpaired) electrons. The van der Waals surface area contributed by atoms with E-state index in [1.807, 2.05) is 0 Å². The lowest BCUT2D eigenvalue weighted by atomic mass is 10.0. The van der Waals surface area contributed by atoms with Crippen molar-refractivity contribution in [1.82, 2.24) is 10.2 Å². The first-order chi connectivity index (χ1) is 14.1. The first-order valence-electron chi connectivity index (χ1n) is 9.16. The van der Waals surface area contributed by atoms with Crippen molar-refractivity contribution in [3.05, 3.63) is 63.1 Å². The van der Waals surface area contributed by atoms with E-state index in [0.29, 0.717) is 0 Å². The molecule has 2 aromatic rings. The summed E-state index contributed by atoms with van der Waals surface area (Å²) >= 11 is 18.2. The van der Waals surface area contributed by atoms with Crippen LogP contribution >= 0.6 is 34.8 Å². The highest BCUT2D eigenvalue weighted by Crippen LogP contribution is 2.29. The summed E-state index contributed by atoms with van der Waals surface area (Å²) in [5.74, 6) is -1.56. The summed E-state index contributed by atoms with van der Waals surface area (Å²) in [7, 11) is 1.48. The van der Waals surface area contributed by atoms with E-state index in [9.17, 15) is 14.4 Å². The minimum Gasteiger partial charge on any atom is -0.340 e. The van der Waals surface area contributed by atoms with Crippen molar-refractivity contribution in [2.24, 2.45) is 5.92 Å². The third-order valence-electron chi connectivity index (χ3n) is 4.32. The molecule has 3 amide bonds. The summed E-state index contributed by atoms with van der Waals surface area (Å²) in [6.07, 6.45) is 0. The van der Waals surface area contributed by atoms with Crippen LogP contribution in [0.1, 0.15) is 24.2 Å². The zero-order chi connectivity index (χ0) is 22.4. The van der Waals surface area contributed by atoms with Crippen molar-refractivity contribution in [3.63, 3.8) is 0 Å². The van der Waals surface area contributed by atoms with E-state index in [1.165, 1.54) is 11.9 Å². The summed E-state index contributed by atoms with van der Waals surface area (Å²) in [4.78, 5) is 39.1. The van der Waals surface area contributed by atoms with Crippen LogP contribution in [-0.2, 0) is 9.59 Å². The molecule has 2 aromatic carbocycles. The lowest BCUT2D eigenvalue weighted by Gasteiger charge is -2.27. The molecule has 30 heavy (non-hydrogen) atoms. The average Bonchev–Trinajstić information content (AvgIpc) is 2.68. The predicted molar refractivity (Wildman–Crippen MR) is 120 cm³/mol. The van der Waals surface area contributed by atoms with E-state index in [0.717, 1.165) is 0 Å². The highest BCUT2D eigenvalue weighted by Gasteiger charge is 2.29. The second-order valence-corrected chi connectivity index (χ2v) is 8.24. The van der Waals surface area contributed by atoms with Crippen LogP contribution in [0.25, 0.3) is 0 Å². The molecule has 1 atom stereocenters. The Hall–Kier alpha value is -2.28. The van der Waals surface area contributed by atoms with E-state index >= 15 is 0 Å². The Morgan fingerprint density at radius 3 is 2.07 bits per heavy atom. The van der Waals surface area contributed by atoms with Crippen LogP contribution in [0.15, 0.2) is 42.5 Å². The van der Waals surface area contributed by atoms with Gasteiger partial charge in [-0.25, -0.2) is 0 Å². The predicted octanol–water partition coefficient (Wildman–Crippen LogP) is 4.50. The largest absolute Gasteiger partial charge is 0.340 e. The van der Waals surface area contributed by atoms with Crippen LogP contribution in [0.3, 0.4) is 0 Å². The van der Waals surface area contributed by atoms with Crippen molar-refractivity contribution >= 4 is 58.2 Å². The molecule has 6 nitrogen and oxygen atoms in total. The summed E-state index contributed by atoms with van der Waals surface area (Å²) in [6.45, 7) is 3.35. The van der Waals surface area contributed by atoms with E-state index in [-0.39, 0.29) is 38.8 Å². The zero-order valence-electron chi connectivity index (χ0n) is 16.7. The monoisotopic (exact) mass is 469 g/mol. The van der Waals surface area contributed by atoms with E-state index in [2.05, 4.69) is 10.6 Å². The van der Waals surface area contributed by atoms with E-state index in [4.69, 9.17) is 34.8 Å². The van der Waals surface area contributed by atoms with Crippen LogP contribution in [0, 0.1) is 5.92 Å². The third kappa shape index (κ3) is 6.11. The van der Waals surface area contributed by atoms with Crippen molar-refractivity contribution in [2.45, 2.75) is 19.9 Å². The lowest BCUT2D eigenvalue weighted by molar-refractivity contribution is -0.135. The Morgan fingerprint density at radius 1 is 0.933 bits per heavy atom. The second kappa shape index (κ2) is 10.7. The van der Waals surface area contributed by atoms with Crippen molar-refractivity contribution in [2.75, 3.05) is 18.9 Å². The Kier molecular flexibility index (Phi) is 8.53. The number of para-hydroxylation sites is 1. The molecule has 160 valence electrons. The van der Waals surface area contributed by atoms with Crippen LogP contribution in [0.5, 0.6) is 0 Å². The average molecular weight is 471 g/mol. The molecule has 0 spiro atoms. The minimum absolute atomic E-state index is 0.215. The summed E-state index contributed by atoms with van der Waals surface area (Å²) in [6, 6.07) is 10.6. The van der Waals surface area contributed by atoms with Crippen molar-refractivity contribution in [1.29, 1.82) is 0 Å². The first kappa shape index (κ1) is 24.0. The van der Waals surface area contributed by atoms with Crippen molar-refractivity contribution in [3.8, 4) is 0 Å². The number of nitrogens with one attached hydrogen (secondary N) is 2. The molecular weight excluding hydrogens is 449 g/mol. The SMILES string of the molecule is CC(C)C(NC(=O)c1ccccc1Cl)C(=O)N(C)CC(=O)Nc1c(Cl)cccc1Cl. The third-order valence-corrected chi connectivity index (χ3v) is 5.28. The number of amides is 3. The number of benzene rings is 2. The van der Waals surface area contributed by atoms with Gasteiger partial charge < -0.3 is 15.5 Å². The number of hydrogen-bond donors (Lipinski definition) is 2. The van der Waals surface area contributed by atoms with Crippen molar-refractivity contribution < 1.29 is 14.4 Å². The van der Waals surface area contributed by atoms with Crippen LogP contribution in [0.4, 0.5) is 5.69 Å². The highest BCUT2D eigenvalue weighted by molar-refractivity contribution is 6.39. The van der Waals surface area contributed by atoms with Gasteiger partial charge in [0.05, 0.1) is 32.9 Å². The normalized spacial score (nSPS) is 11.7. The van der Waals surface area contributed by atoms with E-state index in [1.54, 1.807) is 56.3 Å². The number of likely N-dealkylation sites (N-methyl/N-ethyl adjacent to an activating group) is 1. The van der Waals surface area contributed by atoms with Gasteiger partial charge in [-0.15, -0.1) is 0 Å². The molecule has 9 heteroatoms. The van der Waals surface area contributed by atoms with Gasteiger partial charge in [-0.2, -0.15) is 0 Å². The number of halogens is 3. The Morgan fingerprint density at radius 2 is 1.50 bits per heavy atom. The maximum atomic E-state index is 12.9. The fraction of sp³-hybridized carbons (Fsp3) is 0.286. The maximum absolute atomic E-state index is 12.9. The molecule has 0 aliphatic heterocycles. The van der Waals surface area contributed by atoms with Gasteiger partial charge in [0, 0.05) is 7.05 Å². The number of anilines is 1. The quantitative estimate of drug-likeness (QED) is 0.625. The fourth-order valence-corrected chi connectivity index (χ4v) is 3.42. The standard InChI is InChI=1S/C21H22Cl3N3O3/c1-12(2)18(26-20(29)13-7-4-5-8-14(13)22)21(30)27(3)11-17(28)25-19-15(23)9-6-10-16(19)24/h4-10,12,18H,11H2,1-3H3,(H,25,28)(H,26,29). The number of nitrogens with zero attached hydrogens (tertiary/aromatic N) is 1. The van der Waals surface area contributed by atoms with Gasteiger partial charge in [0.1, 0.15) is 6.04 Å².